The molecule has 1 unspecified atom stereocenters. The van der Waals surface area contributed by atoms with Crippen molar-refractivity contribution in [2.24, 2.45) is 5.92 Å². The molecule has 0 aliphatic carbocycles. The normalized spacial score (nSPS) is 22.4. The van der Waals surface area contributed by atoms with Crippen LogP contribution in [0.5, 0.6) is 0 Å². The van der Waals surface area contributed by atoms with Gasteiger partial charge >= 0.3 is 0 Å². The van der Waals surface area contributed by atoms with Gasteiger partial charge < -0.3 is 5.32 Å². The van der Waals surface area contributed by atoms with Crippen molar-refractivity contribution in [3.8, 4) is 0 Å². The van der Waals surface area contributed by atoms with Crippen LogP contribution in [-0.4, -0.2) is 25.0 Å². The highest BCUT2D eigenvalue weighted by molar-refractivity contribution is 7.11. The fourth-order valence-electron chi connectivity index (χ4n) is 2.17. The molecule has 1 aliphatic heterocycles. The summed E-state index contributed by atoms with van der Waals surface area (Å²) in [5, 5.41) is 3.19. The first-order valence-corrected chi connectivity index (χ1v) is 6.54. The van der Waals surface area contributed by atoms with Crippen molar-refractivity contribution in [2.45, 2.75) is 26.4 Å². The van der Waals surface area contributed by atoms with Gasteiger partial charge in [0.2, 0.25) is 0 Å². The van der Waals surface area contributed by atoms with Gasteiger partial charge in [0.05, 0.1) is 0 Å². The van der Waals surface area contributed by atoms with Gasteiger partial charge in [0.25, 0.3) is 0 Å². The summed E-state index contributed by atoms with van der Waals surface area (Å²) in [5.74, 6) is 0.891. The van der Waals surface area contributed by atoms with Gasteiger partial charge in [-0.1, -0.05) is 6.92 Å². The van der Waals surface area contributed by atoms with Gasteiger partial charge in [-0.25, -0.2) is 0 Å². The lowest BCUT2D eigenvalue weighted by atomic mass is 10.2. The number of nitrogens with one attached hydrogen (secondary N) is 1. The molecule has 0 spiro atoms. The molecule has 1 aromatic rings. The lowest BCUT2D eigenvalue weighted by Crippen LogP contribution is -2.18. The van der Waals surface area contributed by atoms with Gasteiger partial charge in [0, 0.05) is 29.4 Å². The van der Waals surface area contributed by atoms with E-state index >= 15 is 0 Å². The number of hydrogen-bond donors (Lipinski definition) is 1. The van der Waals surface area contributed by atoms with E-state index in [0.717, 1.165) is 19.0 Å². The van der Waals surface area contributed by atoms with Gasteiger partial charge in [-0.05, 0) is 38.1 Å². The van der Waals surface area contributed by atoms with Crippen LogP contribution in [0.15, 0.2) is 12.1 Å². The van der Waals surface area contributed by atoms with Crippen LogP contribution in [0.4, 0.5) is 0 Å². The van der Waals surface area contributed by atoms with Crippen molar-refractivity contribution < 1.29 is 0 Å². The summed E-state index contributed by atoms with van der Waals surface area (Å²) in [6.07, 6.45) is 1.37. The van der Waals surface area contributed by atoms with Crippen molar-refractivity contribution >= 4 is 11.3 Å². The van der Waals surface area contributed by atoms with E-state index < -0.39 is 0 Å². The highest BCUT2D eigenvalue weighted by Gasteiger charge is 2.18. The Bertz CT molecular complexity index is 308. The van der Waals surface area contributed by atoms with E-state index in [1.165, 1.54) is 29.3 Å². The van der Waals surface area contributed by atoms with Crippen molar-refractivity contribution in [3.05, 3.63) is 21.9 Å². The van der Waals surface area contributed by atoms with Gasteiger partial charge in [-0.3, -0.25) is 4.90 Å². The summed E-state index contributed by atoms with van der Waals surface area (Å²) in [6, 6.07) is 4.52. The van der Waals surface area contributed by atoms with Crippen molar-refractivity contribution in [1.29, 1.82) is 0 Å². The Balaban J connectivity index is 1.87. The van der Waals surface area contributed by atoms with Crippen LogP contribution in [0.25, 0.3) is 0 Å². The predicted octanol–water partition coefficient (Wildman–Crippen LogP) is 2.31. The number of rotatable bonds is 4. The third kappa shape index (κ3) is 3.03. The molecule has 1 atom stereocenters. The van der Waals surface area contributed by atoms with E-state index in [0.29, 0.717) is 0 Å². The Kier molecular flexibility index (Phi) is 3.78. The number of hydrogen-bond acceptors (Lipinski definition) is 3. The second-order valence-electron chi connectivity index (χ2n) is 4.53. The average molecular weight is 224 g/mol. The minimum atomic E-state index is 0.891. The fraction of sp³-hybridized carbons (Fsp3) is 0.667. The first-order valence-electron chi connectivity index (χ1n) is 5.72. The van der Waals surface area contributed by atoms with Crippen molar-refractivity contribution in [2.75, 3.05) is 20.1 Å². The maximum Gasteiger partial charge on any atom is 0.0328 e. The van der Waals surface area contributed by atoms with E-state index in [4.69, 9.17) is 0 Å². The Hall–Kier alpha value is -0.380. The molecule has 1 N–H and O–H groups in total. The molecular weight excluding hydrogens is 204 g/mol. The van der Waals surface area contributed by atoms with Crippen LogP contribution in [0.3, 0.4) is 0 Å². The second-order valence-corrected chi connectivity index (χ2v) is 5.78. The van der Waals surface area contributed by atoms with E-state index in [2.05, 4.69) is 29.3 Å². The largest absolute Gasteiger partial charge is 0.315 e. The standard InChI is InChI=1S/C12H20N2S/c1-10-5-6-14(8-10)9-12-4-3-11(15-12)7-13-2/h3-4,10,13H,5-9H2,1-2H3. The maximum atomic E-state index is 3.19. The van der Waals surface area contributed by atoms with E-state index in [9.17, 15) is 0 Å². The third-order valence-corrected chi connectivity index (χ3v) is 4.03. The van der Waals surface area contributed by atoms with E-state index in [-0.39, 0.29) is 0 Å². The Labute approximate surface area is 96.3 Å². The minimum absolute atomic E-state index is 0.891. The Morgan fingerprint density at radius 2 is 2.27 bits per heavy atom. The number of nitrogens with zero attached hydrogens (tertiary/aromatic N) is 1. The molecule has 0 radical (unpaired) electrons. The monoisotopic (exact) mass is 224 g/mol. The lowest BCUT2D eigenvalue weighted by Gasteiger charge is -2.13. The highest BCUT2D eigenvalue weighted by Crippen LogP contribution is 2.22. The van der Waals surface area contributed by atoms with E-state index in [1.807, 2.05) is 18.4 Å². The maximum absolute atomic E-state index is 3.19. The zero-order valence-electron chi connectivity index (χ0n) is 9.62. The molecule has 1 saturated heterocycles. The summed E-state index contributed by atoms with van der Waals surface area (Å²) in [4.78, 5) is 5.52. The predicted molar refractivity (Wildman–Crippen MR) is 66.1 cm³/mol. The molecule has 1 aromatic heterocycles. The highest BCUT2D eigenvalue weighted by atomic mass is 32.1. The second kappa shape index (κ2) is 5.10. The van der Waals surface area contributed by atoms with Crippen LogP contribution < -0.4 is 5.32 Å². The molecule has 84 valence electrons. The quantitative estimate of drug-likeness (QED) is 0.844. The molecule has 1 aliphatic rings. The summed E-state index contributed by atoms with van der Waals surface area (Å²) in [5.41, 5.74) is 0. The first kappa shape index (κ1) is 11.1. The van der Waals surface area contributed by atoms with Gasteiger partial charge in [-0.15, -0.1) is 11.3 Å². The zero-order valence-corrected chi connectivity index (χ0v) is 10.4. The lowest BCUT2D eigenvalue weighted by molar-refractivity contribution is 0.323. The molecule has 0 aromatic carbocycles. The SMILES string of the molecule is CNCc1ccc(CN2CCC(C)C2)s1. The van der Waals surface area contributed by atoms with Crippen molar-refractivity contribution in [3.63, 3.8) is 0 Å². The average Bonchev–Trinajstić information content (AvgIpc) is 2.78. The Morgan fingerprint density at radius 3 is 2.93 bits per heavy atom. The van der Waals surface area contributed by atoms with Crippen LogP contribution in [0.1, 0.15) is 23.1 Å². The van der Waals surface area contributed by atoms with Gasteiger partial charge in [0.1, 0.15) is 0 Å². The molecule has 2 heterocycles. The van der Waals surface area contributed by atoms with Gasteiger partial charge in [0.15, 0.2) is 0 Å². The molecule has 2 nitrogen and oxygen atoms in total. The summed E-state index contributed by atoms with van der Waals surface area (Å²) in [7, 11) is 2.00. The smallest absolute Gasteiger partial charge is 0.0328 e. The summed E-state index contributed by atoms with van der Waals surface area (Å²) < 4.78 is 0. The van der Waals surface area contributed by atoms with Crippen molar-refractivity contribution in [1.82, 2.24) is 10.2 Å². The molecular formula is C12H20N2S. The molecule has 2 rings (SSSR count). The number of likely N-dealkylation sites (tertiary alicyclic amines) is 1. The molecule has 1 fully saturated rings. The fourth-order valence-corrected chi connectivity index (χ4v) is 3.24. The summed E-state index contributed by atoms with van der Waals surface area (Å²) >= 11 is 1.94. The zero-order chi connectivity index (χ0) is 10.7. The van der Waals surface area contributed by atoms with Crippen LogP contribution in [-0.2, 0) is 13.1 Å². The van der Waals surface area contributed by atoms with Gasteiger partial charge in [-0.2, -0.15) is 0 Å². The van der Waals surface area contributed by atoms with Crippen LogP contribution >= 0.6 is 11.3 Å². The molecule has 15 heavy (non-hydrogen) atoms. The van der Waals surface area contributed by atoms with Crippen LogP contribution in [0, 0.1) is 5.92 Å². The molecule has 3 heteroatoms. The number of thiophene rings is 1. The van der Waals surface area contributed by atoms with E-state index in [1.54, 1.807) is 0 Å². The van der Waals surface area contributed by atoms with Crippen LogP contribution in [0.2, 0.25) is 0 Å². The third-order valence-electron chi connectivity index (χ3n) is 2.96. The topological polar surface area (TPSA) is 15.3 Å². The first-order chi connectivity index (χ1) is 7.28. The molecule has 0 amide bonds. The molecule has 0 saturated carbocycles. The minimum Gasteiger partial charge on any atom is -0.315 e. The summed E-state index contributed by atoms with van der Waals surface area (Å²) in [6.45, 7) is 7.06. The Morgan fingerprint density at radius 1 is 1.47 bits per heavy atom. The molecule has 0 bridgehead atoms.